The third-order valence-electron chi connectivity index (χ3n) is 1.10. The summed E-state index contributed by atoms with van der Waals surface area (Å²) in [6.45, 7) is 0. The molecule has 0 radical (unpaired) electrons. The van der Waals surface area contributed by atoms with Gasteiger partial charge in [-0.3, -0.25) is 0 Å². The molecule has 0 fully saturated rings. The van der Waals surface area contributed by atoms with E-state index in [0.717, 1.165) is 12.1 Å². The van der Waals surface area contributed by atoms with Gasteiger partial charge in [0.05, 0.1) is 5.56 Å². The average molecular weight is 253 g/mol. The average Bonchev–Trinajstić information content (AvgIpc) is 1.88. The van der Waals surface area contributed by atoms with E-state index in [9.17, 15) is 13.2 Å². The molecule has 0 saturated carbocycles. The lowest BCUT2D eigenvalue weighted by atomic mass is 10.2. The minimum absolute atomic E-state index is 0. The van der Waals surface area contributed by atoms with E-state index in [4.69, 9.17) is 0 Å². The van der Waals surface area contributed by atoms with Gasteiger partial charge in [-0.2, -0.15) is 13.2 Å². The van der Waals surface area contributed by atoms with Crippen molar-refractivity contribution >= 4 is 40.0 Å². The van der Waals surface area contributed by atoms with E-state index < -0.39 is 11.7 Å². The zero-order valence-corrected chi connectivity index (χ0v) is 7.14. The number of halogens is 4. The van der Waals surface area contributed by atoms with Crippen LogP contribution < -0.4 is 0 Å². The van der Waals surface area contributed by atoms with Crippen molar-refractivity contribution < 1.29 is 13.2 Å². The Morgan fingerprint density at radius 2 is 1.33 bits per heavy atom. The molecule has 0 atom stereocenters. The molecule has 5 heteroatoms. The van der Waals surface area contributed by atoms with Gasteiger partial charge in [-0.05, 0) is 0 Å². The Bertz CT molecular complexity index is 210. The largest absolute Gasteiger partial charge is 0.416 e. The summed E-state index contributed by atoms with van der Waals surface area (Å²) >= 11 is 0. The van der Waals surface area contributed by atoms with E-state index in [1.54, 1.807) is 6.07 Å². The molecule has 0 aliphatic heterocycles. The number of hydrogen-bond acceptors (Lipinski definition) is 0. The summed E-state index contributed by atoms with van der Waals surface area (Å²) in [7, 11) is 0. The molecule has 1 rings (SSSR count). The van der Waals surface area contributed by atoms with E-state index in [1.807, 2.05) is 0 Å². The van der Waals surface area contributed by atoms with Crippen molar-refractivity contribution in [3.8, 4) is 0 Å². The molecule has 0 aliphatic carbocycles. The van der Waals surface area contributed by atoms with Crippen molar-refractivity contribution in [3.63, 3.8) is 0 Å². The van der Waals surface area contributed by atoms with Crippen LogP contribution in [0.4, 0.5) is 13.2 Å². The van der Waals surface area contributed by atoms with Crippen LogP contribution in [0, 0.1) is 0 Å². The van der Waals surface area contributed by atoms with E-state index in [2.05, 4.69) is 0 Å². The smallest absolute Gasteiger partial charge is 0.166 e. The fraction of sp³-hybridized carbons (Fsp3) is 0.143. The number of hydrogen-bond donors (Lipinski definition) is 0. The standard InChI is InChI=1S/C7H5F3.BrH.Mg.2H/c8-7(9,10)6-4-2-1-3-5-6;;;;/h1-5H;1H;;;. The summed E-state index contributed by atoms with van der Waals surface area (Å²) in [5, 5.41) is 0. The molecule has 0 aliphatic rings. The first-order chi connectivity index (χ1) is 4.61. The monoisotopic (exact) mass is 252 g/mol. The molecule has 0 saturated heterocycles. The van der Waals surface area contributed by atoms with Gasteiger partial charge in [0, 0.05) is 0 Å². The third kappa shape index (κ3) is 4.32. The van der Waals surface area contributed by atoms with Crippen LogP contribution in [0.5, 0.6) is 0 Å². The summed E-state index contributed by atoms with van der Waals surface area (Å²) in [6.07, 6.45) is -4.21. The first-order valence-electron chi connectivity index (χ1n) is 2.73. The van der Waals surface area contributed by atoms with Crippen LogP contribution in [0.15, 0.2) is 30.3 Å². The molecule has 0 aromatic heterocycles. The van der Waals surface area contributed by atoms with Gasteiger partial charge >= 0.3 is 29.2 Å². The van der Waals surface area contributed by atoms with Gasteiger partial charge in [0.25, 0.3) is 0 Å². The van der Waals surface area contributed by atoms with Gasteiger partial charge in [0.2, 0.25) is 0 Å². The second kappa shape index (κ2) is 5.83. The second-order valence-corrected chi connectivity index (χ2v) is 1.86. The molecule has 0 heterocycles. The lowest BCUT2D eigenvalue weighted by Crippen LogP contribution is -2.03. The first-order valence-corrected chi connectivity index (χ1v) is 2.73. The number of rotatable bonds is 0. The summed E-state index contributed by atoms with van der Waals surface area (Å²) in [6, 6.07) is 6.36. The van der Waals surface area contributed by atoms with E-state index in [1.165, 1.54) is 12.1 Å². The molecule has 12 heavy (non-hydrogen) atoms. The predicted octanol–water partition coefficient (Wildman–Crippen LogP) is 2.37. The molecule has 1 aromatic carbocycles. The van der Waals surface area contributed by atoms with Crippen LogP contribution in [0.25, 0.3) is 0 Å². The highest BCUT2D eigenvalue weighted by atomic mass is 79.9. The quantitative estimate of drug-likeness (QED) is 0.623. The normalized spacial score (nSPS) is 9.58. The maximum Gasteiger partial charge on any atom is 0.416 e. The van der Waals surface area contributed by atoms with Crippen molar-refractivity contribution in [2.45, 2.75) is 6.18 Å². The summed E-state index contributed by atoms with van der Waals surface area (Å²) in [4.78, 5) is 0. The molecule has 0 bridgehead atoms. The van der Waals surface area contributed by atoms with Crippen LogP contribution in [0.2, 0.25) is 0 Å². The Hall–Kier alpha value is 0.256. The van der Waals surface area contributed by atoms with Crippen LogP contribution in [0.3, 0.4) is 0 Å². The van der Waals surface area contributed by atoms with Crippen molar-refractivity contribution in [3.05, 3.63) is 35.9 Å². The number of benzene rings is 1. The lowest BCUT2D eigenvalue weighted by molar-refractivity contribution is -0.137. The molecular formula is C7H8BrF3Mg. The Balaban J connectivity index is 0. The van der Waals surface area contributed by atoms with Crippen LogP contribution >= 0.6 is 17.0 Å². The van der Waals surface area contributed by atoms with Gasteiger partial charge in [-0.1, -0.05) is 30.3 Å². The highest BCUT2D eigenvalue weighted by molar-refractivity contribution is 8.93. The fourth-order valence-electron chi connectivity index (χ4n) is 0.627. The molecule has 0 unspecified atom stereocenters. The Morgan fingerprint density at radius 3 is 1.58 bits per heavy atom. The molecule has 0 spiro atoms. The minimum atomic E-state index is -4.21. The molecular weight excluding hydrogens is 245 g/mol. The third-order valence-corrected chi connectivity index (χ3v) is 1.10. The summed E-state index contributed by atoms with van der Waals surface area (Å²) in [5.74, 6) is 0. The predicted molar refractivity (Wildman–Crippen MR) is 50.3 cm³/mol. The van der Waals surface area contributed by atoms with Crippen molar-refractivity contribution in [1.29, 1.82) is 0 Å². The van der Waals surface area contributed by atoms with Gasteiger partial charge < -0.3 is 0 Å². The van der Waals surface area contributed by atoms with Gasteiger partial charge in [-0.15, -0.1) is 17.0 Å². The highest BCUT2D eigenvalue weighted by Gasteiger charge is 2.29. The molecule has 1 aromatic rings. The summed E-state index contributed by atoms with van der Waals surface area (Å²) in [5.41, 5.74) is -0.602. The molecule has 0 amide bonds. The van der Waals surface area contributed by atoms with Crippen LogP contribution in [-0.2, 0) is 6.18 Å². The fourth-order valence-corrected chi connectivity index (χ4v) is 0.627. The molecule has 0 nitrogen and oxygen atoms in total. The van der Waals surface area contributed by atoms with Gasteiger partial charge in [-0.25, -0.2) is 0 Å². The topological polar surface area (TPSA) is 0 Å². The Labute approximate surface area is 95.1 Å². The molecule has 66 valence electrons. The van der Waals surface area contributed by atoms with Gasteiger partial charge in [0.15, 0.2) is 0 Å². The van der Waals surface area contributed by atoms with Gasteiger partial charge in [0.1, 0.15) is 0 Å². The highest BCUT2D eigenvalue weighted by Crippen LogP contribution is 2.28. The Kier molecular flexibility index (Phi) is 7.17. The first kappa shape index (κ1) is 14.8. The van der Waals surface area contributed by atoms with Crippen molar-refractivity contribution in [2.24, 2.45) is 0 Å². The zero-order chi connectivity index (χ0) is 7.61. The van der Waals surface area contributed by atoms with Crippen molar-refractivity contribution in [1.82, 2.24) is 0 Å². The minimum Gasteiger partial charge on any atom is -0.166 e. The second-order valence-electron chi connectivity index (χ2n) is 1.86. The van der Waals surface area contributed by atoms with E-state index in [0.29, 0.717) is 0 Å². The SMILES string of the molecule is Br.FC(F)(F)c1ccccc1.[MgH2]. The lowest BCUT2D eigenvalue weighted by Gasteiger charge is -2.03. The van der Waals surface area contributed by atoms with Crippen LogP contribution in [-0.4, -0.2) is 23.1 Å². The van der Waals surface area contributed by atoms with E-state index in [-0.39, 0.29) is 40.0 Å². The maximum absolute atomic E-state index is 11.8. The van der Waals surface area contributed by atoms with E-state index >= 15 is 0 Å². The van der Waals surface area contributed by atoms with Crippen LogP contribution in [0.1, 0.15) is 5.56 Å². The number of alkyl halides is 3. The Morgan fingerprint density at radius 1 is 0.917 bits per heavy atom. The zero-order valence-electron chi connectivity index (χ0n) is 5.43. The van der Waals surface area contributed by atoms with Crippen molar-refractivity contribution in [2.75, 3.05) is 0 Å². The molecule has 0 N–H and O–H groups in total. The summed E-state index contributed by atoms with van der Waals surface area (Å²) < 4.78 is 35.4. The maximum atomic E-state index is 11.8.